The molecule has 1 aromatic carbocycles. The SMILES string of the molecule is NCCc1ccc(OCc2ccc(Br)cc2Cl)cn1. The van der Waals surface area contributed by atoms with E-state index in [4.69, 9.17) is 22.1 Å². The summed E-state index contributed by atoms with van der Waals surface area (Å²) in [6, 6.07) is 9.54. The van der Waals surface area contributed by atoms with Crippen molar-refractivity contribution in [2.24, 2.45) is 5.73 Å². The highest BCUT2D eigenvalue weighted by Crippen LogP contribution is 2.22. The van der Waals surface area contributed by atoms with Gasteiger partial charge in [-0.05, 0) is 30.8 Å². The molecule has 2 aromatic rings. The molecule has 0 aliphatic rings. The maximum atomic E-state index is 6.12. The molecule has 0 bridgehead atoms. The maximum Gasteiger partial charge on any atom is 0.138 e. The van der Waals surface area contributed by atoms with E-state index in [-0.39, 0.29) is 0 Å². The highest BCUT2D eigenvalue weighted by Gasteiger charge is 2.03. The van der Waals surface area contributed by atoms with Crippen LogP contribution in [0.15, 0.2) is 41.0 Å². The molecule has 0 radical (unpaired) electrons. The van der Waals surface area contributed by atoms with Crippen molar-refractivity contribution in [3.05, 3.63) is 57.3 Å². The van der Waals surface area contributed by atoms with E-state index in [1.165, 1.54) is 0 Å². The van der Waals surface area contributed by atoms with Crippen molar-refractivity contribution in [3.8, 4) is 5.75 Å². The van der Waals surface area contributed by atoms with Crippen LogP contribution in [0.3, 0.4) is 0 Å². The van der Waals surface area contributed by atoms with E-state index >= 15 is 0 Å². The molecule has 0 aliphatic carbocycles. The van der Waals surface area contributed by atoms with Gasteiger partial charge in [-0.15, -0.1) is 0 Å². The molecular weight excluding hydrogens is 328 g/mol. The quantitative estimate of drug-likeness (QED) is 0.904. The first kappa shape index (κ1) is 14.3. The number of halogens is 2. The van der Waals surface area contributed by atoms with Crippen molar-refractivity contribution < 1.29 is 4.74 Å². The first-order valence-electron chi connectivity index (χ1n) is 5.91. The maximum absolute atomic E-state index is 6.12. The van der Waals surface area contributed by atoms with Crippen molar-refractivity contribution in [1.29, 1.82) is 0 Å². The minimum absolute atomic E-state index is 0.421. The van der Waals surface area contributed by atoms with Gasteiger partial charge in [0.1, 0.15) is 12.4 Å². The molecule has 0 spiro atoms. The molecule has 1 heterocycles. The van der Waals surface area contributed by atoms with Gasteiger partial charge in [-0.1, -0.05) is 33.6 Å². The van der Waals surface area contributed by atoms with Crippen molar-refractivity contribution in [3.63, 3.8) is 0 Å². The lowest BCUT2D eigenvalue weighted by molar-refractivity contribution is 0.305. The summed E-state index contributed by atoms with van der Waals surface area (Å²) >= 11 is 9.49. The third-order valence-electron chi connectivity index (χ3n) is 2.61. The fourth-order valence-electron chi connectivity index (χ4n) is 1.59. The lowest BCUT2D eigenvalue weighted by atomic mass is 10.2. The molecule has 0 amide bonds. The predicted molar refractivity (Wildman–Crippen MR) is 80.5 cm³/mol. The van der Waals surface area contributed by atoms with Crippen LogP contribution in [0.5, 0.6) is 5.75 Å². The largest absolute Gasteiger partial charge is 0.487 e. The van der Waals surface area contributed by atoms with Crippen molar-refractivity contribution in [1.82, 2.24) is 4.98 Å². The molecule has 5 heteroatoms. The first-order chi connectivity index (χ1) is 9.19. The van der Waals surface area contributed by atoms with Crippen LogP contribution < -0.4 is 10.5 Å². The monoisotopic (exact) mass is 340 g/mol. The van der Waals surface area contributed by atoms with E-state index in [0.29, 0.717) is 18.2 Å². The minimum Gasteiger partial charge on any atom is -0.487 e. The zero-order valence-electron chi connectivity index (χ0n) is 10.3. The molecule has 2 rings (SSSR count). The fourth-order valence-corrected chi connectivity index (χ4v) is 2.32. The number of ether oxygens (including phenoxy) is 1. The molecule has 0 saturated heterocycles. The van der Waals surface area contributed by atoms with E-state index in [1.54, 1.807) is 6.20 Å². The Labute approximate surface area is 125 Å². The van der Waals surface area contributed by atoms with Crippen molar-refractivity contribution >= 4 is 27.5 Å². The van der Waals surface area contributed by atoms with Gasteiger partial charge < -0.3 is 10.5 Å². The smallest absolute Gasteiger partial charge is 0.138 e. The topological polar surface area (TPSA) is 48.1 Å². The Bertz CT molecular complexity index is 546. The molecule has 1 aromatic heterocycles. The van der Waals surface area contributed by atoms with Gasteiger partial charge in [-0.25, -0.2) is 0 Å². The summed E-state index contributed by atoms with van der Waals surface area (Å²) in [4.78, 5) is 4.27. The Kier molecular flexibility index (Phi) is 5.19. The lowest BCUT2D eigenvalue weighted by Crippen LogP contribution is -2.04. The highest BCUT2D eigenvalue weighted by atomic mass is 79.9. The van der Waals surface area contributed by atoms with Crippen LogP contribution in [0.25, 0.3) is 0 Å². The van der Waals surface area contributed by atoms with Crippen LogP contribution in [0.1, 0.15) is 11.3 Å². The third kappa shape index (κ3) is 4.20. The van der Waals surface area contributed by atoms with Crippen molar-refractivity contribution in [2.45, 2.75) is 13.0 Å². The summed E-state index contributed by atoms with van der Waals surface area (Å²) in [6.45, 7) is 1.02. The number of hydrogen-bond donors (Lipinski definition) is 1. The Morgan fingerprint density at radius 2 is 2.11 bits per heavy atom. The van der Waals surface area contributed by atoms with Gasteiger partial charge >= 0.3 is 0 Å². The third-order valence-corrected chi connectivity index (χ3v) is 3.45. The number of pyridine rings is 1. The molecule has 3 nitrogen and oxygen atoms in total. The van der Waals surface area contributed by atoms with Gasteiger partial charge in [0.05, 0.1) is 6.20 Å². The van der Waals surface area contributed by atoms with Crippen molar-refractivity contribution in [2.75, 3.05) is 6.54 Å². The van der Waals surface area contributed by atoms with Crippen LogP contribution in [0, 0.1) is 0 Å². The van der Waals surface area contributed by atoms with E-state index in [1.807, 2.05) is 30.3 Å². The van der Waals surface area contributed by atoms with Crippen LogP contribution in [0.4, 0.5) is 0 Å². The molecule has 0 unspecified atom stereocenters. The molecule has 19 heavy (non-hydrogen) atoms. The summed E-state index contributed by atoms with van der Waals surface area (Å²) in [6.07, 6.45) is 2.48. The zero-order valence-corrected chi connectivity index (χ0v) is 12.6. The van der Waals surface area contributed by atoms with Crippen LogP contribution >= 0.6 is 27.5 Å². The second-order valence-corrected chi connectivity index (χ2v) is 5.37. The van der Waals surface area contributed by atoms with E-state index in [2.05, 4.69) is 20.9 Å². The number of nitrogens with zero attached hydrogens (tertiary/aromatic N) is 1. The standard InChI is InChI=1S/C14H14BrClN2O/c15-11-2-1-10(14(16)7-11)9-19-13-4-3-12(5-6-17)18-8-13/h1-4,7-8H,5-6,9,17H2. The lowest BCUT2D eigenvalue weighted by Gasteiger charge is -2.08. The summed E-state index contributed by atoms with van der Waals surface area (Å²) in [5.41, 5.74) is 7.38. The van der Waals surface area contributed by atoms with Gasteiger partial charge in [0, 0.05) is 27.2 Å². The van der Waals surface area contributed by atoms with Crippen LogP contribution in [0.2, 0.25) is 5.02 Å². The van der Waals surface area contributed by atoms with E-state index in [9.17, 15) is 0 Å². The normalized spacial score (nSPS) is 10.5. The van der Waals surface area contributed by atoms with Gasteiger partial charge in [0.15, 0.2) is 0 Å². The zero-order chi connectivity index (χ0) is 13.7. The Balaban J connectivity index is 1.98. The molecule has 0 fully saturated rings. The molecular formula is C14H14BrClN2O. The van der Waals surface area contributed by atoms with E-state index < -0.39 is 0 Å². The number of hydrogen-bond acceptors (Lipinski definition) is 3. The van der Waals surface area contributed by atoms with Gasteiger partial charge in [-0.2, -0.15) is 0 Å². The Morgan fingerprint density at radius 3 is 2.74 bits per heavy atom. The number of nitrogens with two attached hydrogens (primary N) is 1. The molecule has 0 atom stereocenters. The Morgan fingerprint density at radius 1 is 1.26 bits per heavy atom. The predicted octanol–water partition coefficient (Wildman–Crippen LogP) is 3.58. The number of rotatable bonds is 5. The van der Waals surface area contributed by atoms with Crippen LogP contribution in [-0.4, -0.2) is 11.5 Å². The summed E-state index contributed by atoms with van der Waals surface area (Å²) in [7, 11) is 0. The van der Waals surface area contributed by atoms with Crippen LogP contribution in [-0.2, 0) is 13.0 Å². The molecule has 0 aliphatic heterocycles. The number of benzene rings is 1. The summed E-state index contributed by atoms with van der Waals surface area (Å²) in [5, 5.41) is 0.682. The summed E-state index contributed by atoms with van der Waals surface area (Å²) < 4.78 is 6.61. The number of aromatic nitrogens is 1. The fraction of sp³-hybridized carbons (Fsp3) is 0.214. The van der Waals surface area contributed by atoms with Gasteiger partial charge in [-0.3, -0.25) is 4.98 Å². The minimum atomic E-state index is 0.421. The average Bonchev–Trinajstić information content (AvgIpc) is 2.40. The average molecular weight is 342 g/mol. The summed E-state index contributed by atoms with van der Waals surface area (Å²) in [5.74, 6) is 0.722. The Hall–Kier alpha value is -1.10. The molecule has 0 saturated carbocycles. The molecule has 100 valence electrons. The van der Waals surface area contributed by atoms with Gasteiger partial charge in [0.2, 0.25) is 0 Å². The van der Waals surface area contributed by atoms with Gasteiger partial charge in [0.25, 0.3) is 0 Å². The molecule has 2 N–H and O–H groups in total. The second-order valence-electron chi connectivity index (χ2n) is 4.05. The first-order valence-corrected chi connectivity index (χ1v) is 7.08. The highest BCUT2D eigenvalue weighted by molar-refractivity contribution is 9.10. The van der Waals surface area contributed by atoms with E-state index in [0.717, 1.165) is 27.9 Å². The second kappa shape index (κ2) is 6.89.